The van der Waals surface area contributed by atoms with Gasteiger partial charge >= 0.3 is 17.9 Å². The number of piperidine rings is 2. The molecule has 3 saturated heterocycles. The number of carbonyl (C=O) groups is 3. The molecule has 4 saturated carbocycles. The number of ether oxygens (including phenoxy) is 4. The molecule has 3 heterocycles. The Kier molecular flexibility index (Phi) is 9.52. The Bertz CT molecular complexity index is 1540. The predicted molar refractivity (Wildman–Crippen MR) is 187 cm³/mol. The van der Waals surface area contributed by atoms with Crippen LogP contribution in [0.25, 0.3) is 0 Å². The van der Waals surface area contributed by atoms with Gasteiger partial charge in [-0.1, -0.05) is 27.7 Å². The first-order valence-corrected chi connectivity index (χ1v) is 19.9. The minimum atomic E-state index is -2.43. The summed E-state index contributed by atoms with van der Waals surface area (Å²) in [6.45, 7) is 13.6. The molecule has 4 bridgehead atoms. The van der Waals surface area contributed by atoms with E-state index in [-0.39, 0.29) is 25.3 Å². The van der Waals surface area contributed by atoms with E-state index in [4.69, 9.17) is 18.9 Å². The summed E-state index contributed by atoms with van der Waals surface area (Å²) in [5.74, 6) is -10.4. The molecule has 0 unspecified atom stereocenters. The van der Waals surface area contributed by atoms with Crippen molar-refractivity contribution < 1.29 is 69.1 Å². The molecule has 7 aliphatic rings. The van der Waals surface area contributed by atoms with Crippen molar-refractivity contribution in [1.82, 2.24) is 4.90 Å². The number of hydrogen-bond donors (Lipinski definition) is 7. The number of esters is 3. The van der Waals surface area contributed by atoms with Crippen molar-refractivity contribution in [2.75, 3.05) is 13.1 Å². The van der Waals surface area contributed by atoms with Crippen LogP contribution in [0.4, 0.5) is 0 Å². The van der Waals surface area contributed by atoms with Crippen molar-refractivity contribution in [2.45, 2.75) is 165 Å². The lowest BCUT2D eigenvalue weighted by atomic mass is 9.48. The zero-order valence-electron chi connectivity index (χ0n) is 32.7. The largest absolute Gasteiger partial charge is 0.459 e. The zero-order chi connectivity index (χ0) is 39.9. The lowest BCUT2D eigenvalue weighted by Gasteiger charge is -2.64. The van der Waals surface area contributed by atoms with Gasteiger partial charge in [0.2, 0.25) is 5.79 Å². The van der Waals surface area contributed by atoms with Crippen molar-refractivity contribution in [3.63, 3.8) is 0 Å². The van der Waals surface area contributed by atoms with E-state index in [2.05, 4.69) is 11.8 Å². The molecule has 20 atom stereocenters. The van der Waals surface area contributed by atoms with Crippen molar-refractivity contribution >= 4 is 17.9 Å². The number of aliphatic hydroxyl groups is 7. The SMILES string of the molecule is CC[C@@H](C)C(=O)O[C@H]1[C@H](O)[C@H]2[C@@H](CN3C[C@@H](C)CC[C@H]3[C@@]2(C)O)[C@@H]2C[C@]34O[C@]5(O)[C@@H](OC(=O)[C@](C)(O)[C@@H](C)O)CC[C@@]3(C)[C@@H]5[C@@H](OC(C)=O)[C@@H](O)[C@H]4[C@@]21O. The first kappa shape index (κ1) is 40.3. The van der Waals surface area contributed by atoms with Crippen molar-refractivity contribution in [1.29, 1.82) is 0 Å². The fourth-order valence-electron chi connectivity index (χ4n) is 12.8. The molecular formula is C39H61NO14. The second kappa shape index (κ2) is 12.8. The Hall–Kier alpha value is -1.95. The van der Waals surface area contributed by atoms with E-state index in [1.807, 2.05) is 6.92 Å². The van der Waals surface area contributed by atoms with E-state index >= 15 is 0 Å². The van der Waals surface area contributed by atoms with Gasteiger partial charge in [0.1, 0.15) is 11.7 Å². The summed E-state index contributed by atoms with van der Waals surface area (Å²) in [6.07, 6.45) is -7.34. The average Bonchev–Trinajstić information content (AvgIpc) is 3.38. The molecule has 306 valence electrons. The Morgan fingerprint density at radius 3 is 2.26 bits per heavy atom. The maximum atomic E-state index is 13.7. The van der Waals surface area contributed by atoms with Gasteiger partial charge in [0, 0.05) is 37.4 Å². The molecule has 7 fully saturated rings. The zero-order valence-corrected chi connectivity index (χ0v) is 32.7. The van der Waals surface area contributed by atoms with Crippen molar-refractivity contribution in [3.8, 4) is 0 Å². The number of hydrogen-bond acceptors (Lipinski definition) is 15. The summed E-state index contributed by atoms with van der Waals surface area (Å²) in [4.78, 5) is 42.0. The molecule has 15 heteroatoms. The van der Waals surface area contributed by atoms with Gasteiger partial charge in [0.15, 0.2) is 17.8 Å². The molecule has 15 nitrogen and oxygen atoms in total. The Labute approximate surface area is 316 Å². The smallest absolute Gasteiger partial charge is 0.341 e. The van der Waals surface area contributed by atoms with Gasteiger partial charge in [-0.15, -0.1) is 0 Å². The van der Waals surface area contributed by atoms with Crippen LogP contribution in [0.5, 0.6) is 0 Å². The van der Waals surface area contributed by atoms with Crippen LogP contribution in [0.1, 0.15) is 93.9 Å². The highest BCUT2D eigenvalue weighted by molar-refractivity contribution is 5.79. The van der Waals surface area contributed by atoms with Crippen LogP contribution in [-0.4, -0.2) is 142 Å². The van der Waals surface area contributed by atoms with Crippen LogP contribution in [0.15, 0.2) is 0 Å². The van der Waals surface area contributed by atoms with Crippen LogP contribution in [0.2, 0.25) is 0 Å². The van der Waals surface area contributed by atoms with Crippen molar-refractivity contribution in [3.05, 3.63) is 0 Å². The average molecular weight is 768 g/mol. The van der Waals surface area contributed by atoms with Gasteiger partial charge in [-0.2, -0.15) is 0 Å². The first-order valence-electron chi connectivity index (χ1n) is 19.9. The van der Waals surface area contributed by atoms with Gasteiger partial charge in [-0.25, -0.2) is 4.79 Å². The predicted octanol–water partition coefficient (Wildman–Crippen LogP) is 0.00720. The van der Waals surface area contributed by atoms with Gasteiger partial charge in [-0.3, -0.25) is 14.5 Å². The third kappa shape index (κ3) is 5.14. The number of fused-ring (bicyclic) bond motifs is 5. The molecule has 1 spiro atoms. The molecule has 3 aliphatic heterocycles. The Balaban J connectivity index is 1.40. The third-order valence-corrected chi connectivity index (χ3v) is 15.8. The molecule has 0 radical (unpaired) electrons. The normalized spacial score (nSPS) is 52.7. The summed E-state index contributed by atoms with van der Waals surface area (Å²) in [5.41, 5.74) is -8.84. The molecule has 54 heavy (non-hydrogen) atoms. The van der Waals surface area contributed by atoms with E-state index in [1.54, 1.807) is 20.8 Å². The minimum absolute atomic E-state index is 0.00517. The number of carbonyl (C=O) groups excluding carboxylic acids is 3. The Morgan fingerprint density at radius 2 is 1.65 bits per heavy atom. The van der Waals surface area contributed by atoms with E-state index < -0.39 is 124 Å². The standard InChI is InChI=1S/C39H61NO14/c1-9-18(3)32(45)53-31-26(43)25-21(16-40-15-17(2)10-11-23(40)36(25,8)48)22-14-37-29(38(22,31)49)27(44)28(51-20(5)42)30-34(37,6)13-12-24(39(30,50)54-37)52-33(46)35(7,47)19(4)41/h17-19,21-31,41,43-44,47-50H,9-16H2,1-8H3/t17-,18+,19+,21-,22-,23-,24-,25+,26+,27+,28-,29+,30-,31-,34-,35+,36+,37+,38-,39+/m0/s1. The maximum Gasteiger partial charge on any atom is 0.341 e. The van der Waals surface area contributed by atoms with Gasteiger partial charge < -0.3 is 54.7 Å². The molecule has 0 aromatic carbocycles. The highest BCUT2D eigenvalue weighted by Crippen LogP contribution is 2.77. The topological polar surface area (TPSA) is 233 Å². The van der Waals surface area contributed by atoms with E-state index in [1.165, 1.54) is 6.92 Å². The summed E-state index contributed by atoms with van der Waals surface area (Å²) in [5, 5.41) is 84.8. The summed E-state index contributed by atoms with van der Waals surface area (Å²) < 4.78 is 24.6. The molecule has 7 N–H and O–H groups in total. The summed E-state index contributed by atoms with van der Waals surface area (Å²) >= 11 is 0. The fraction of sp³-hybridized carbons (Fsp3) is 0.923. The molecule has 7 rings (SSSR count). The van der Waals surface area contributed by atoms with Crippen LogP contribution >= 0.6 is 0 Å². The number of nitrogens with zero attached hydrogens (tertiary/aromatic N) is 1. The van der Waals surface area contributed by atoms with Gasteiger partial charge in [0.05, 0.1) is 47.3 Å². The lowest BCUT2D eigenvalue weighted by Crippen LogP contribution is -2.78. The van der Waals surface area contributed by atoms with E-state index in [0.29, 0.717) is 31.8 Å². The molecule has 0 aromatic rings. The highest BCUT2D eigenvalue weighted by atomic mass is 16.7. The highest BCUT2D eigenvalue weighted by Gasteiger charge is 2.89. The number of rotatable bonds is 7. The fourth-order valence-corrected chi connectivity index (χ4v) is 12.8. The first-order chi connectivity index (χ1) is 24.9. The monoisotopic (exact) mass is 767 g/mol. The van der Waals surface area contributed by atoms with Crippen LogP contribution in [0, 0.1) is 46.8 Å². The summed E-state index contributed by atoms with van der Waals surface area (Å²) in [6, 6.07) is -0.304. The number of aliphatic hydroxyl groups excluding tert-OH is 3. The van der Waals surface area contributed by atoms with Gasteiger partial charge in [-0.05, 0) is 77.0 Å². The van der Waals surface area contributed by atoms with Crippen LogP contribution in [0.3, 0.4) is 0 Å². The second-order valence-corrected chi connectivity index (χ2v) is 18.9. The molecule has 0 aromatic heterocycles. The minimum Gasteiger partial charge on any atom is -0.459 e. The Morgan fingerprint density at radius 1 is 0.981 bits per heavy atom. The van der Waals surface area contributed by atoms with E-state index in [9.17, 15) is 50.1 Å². The molecule has 4 aliphatic carbocycles. The van der Waals surface area contributed by atoms with Gasteiger partial charge in [0.25, 0.3) is 0 Å². The second-order valence-electron chi connectivity index (χ2n) is 18.9. The third-order valence-electron chi connectivity index (χ3n) is 15.8. The quantitative estimate of drug-likeness (QED) is 0.134. The maximum absolute atomic E-state index is 13.7. The lowest BCUT2D eigenvalue weighted by molar-refractivity contribution is -0.301. The summed E-state index contributed by atoms with van der Waals surface area (Å²) in [7, 11) is 0. The molecule has 0 amide bonds. The molecular weight excluding hydrogens is 706 g/mol. The van der Waals surface area contributed by atoms with Crippen LogP contribution in [-0.2, 0) is 33.3 Å². The van der Waals surface area contributed by atoms with Crippen LogP contribution < -0.4 is 0 Å². The van der Waals surface area contributed by atoms with E-state index in [0.717, 1.165) is 20.3 Å². The van der Waals surface area contributed by atoms with Crippen molar-refractivity contribution in [2.24, 2.45) is 46.8 Å².